The van der Waals surface area contributed by atoms with Crippen LogP contribution in [0.1, 0.15) is 22.7 Å². The summed E-state index contributed by atoms with van der Waals surface area (Å²) in [6.07, 6.45) is 1.76. The Kier molecular flexibility index (Phi) is 6.61. The van der Waals surface area contributed by atoms with Crippen molar-refractivity contribution in [3.63, 3.8) is 0 Å². The van der Waals surface area contributed by atoms with E-state index in [1.165, 1.54) is 11.8 Å². The van der Waals surface area contributed by atoms with Gasteiger partial charge < -0.3 is 13.9 Å². The lowest BCUT2D eigenvalue weighted by atomic mass is 10.2. The second-order valence-electron chi connectivity index (χ2n) is 6.61. The third kappa shape index (κ3) is 5.84. The third-order valence-electron chi connectivity index (χ3n) is 4.20. The first-order valence-corrected chi connectivity index (χ1v) is 10.5. The van der Waals surface area contributed by atoms with Gasteiger partial charge in [-0.3, -0.25) is 4.98 Å². The molecular formula is C23H21N3O3S. The molecule has 2 heterocycles. The van der Waals surface area contributed by atoms with Gasteiger partial charge in [-0.25, -0.2) is 0 Å². The van der Waals surface area contributed by atoms with Gasteiger partial charge in [0.15, 0.2) is 6.61 Å². The van der Waals surface area contributed by atoms with Crippen LogP contribution in [-0.2, 0) is 19.0 Å². The molecule has 0 unspecified atom stereocenters. The molecule has 0 fully saturated rings. The number of aryl methyl sites for hydroxylation is 1. The van der Waals surface area contributed by atoms with E-state index >= 15 is 0 Å². The molecule has 0 aliphatic rings. The molecule has 0 saturated heterocycles. The van der Waals surface area contributed by atoms with Crippen molar-refractivity contribution in [2.24, 2.45) is 0 Å². The summed E-state index contributed by atoms with van der Waals surface area (Å²) in [7, 11) is 0. The van der Waals surface area contributed by atoms with E-state index in [0.717, 1.165) is 34.1 Å². The van der Waals surface area contributed by atoms with Gasteiger partial charge in [-0.05, 0) is 54.4 Å². The Labute approximate surface area is 179 Å². The minimum Gasteiger partial charge on any atom is -0.487 e. The van der Waals surface area contributed by atoms with Crippen molar-refractivity contribution in [3.8, 4) is 11.5 Å². The van der Waals surface area contributed by atoms with E-state index in [0.29, 0.717) is 17.7 Å². The zero-order valence-electron chi connectivity index (χ0n) is 16.5. The van der Waals surface area contributed by atoms with Crippen LogP contribution in [0, 0.1) is 6.92 Å². The van der Waals surface area contributed by atoms with E-state index < -0.39 is 0 Å². The van der Waals surface area contributed by atoms with E-state index in [9.17, 15) is 0 Å². The molecule has 0 amide bonds. The fourth-order valence-corrected chi connectivity index (χ4v) is 3.41. The molecule has 0 atom stereocenters. The first-order valence-electron chi connectivity index (χ1n) is 9.51. The quantitative estimate of drug-likeness (QED) is 0.344. The highest BCUT2D eigenvalue weighted by atomic mass is 32.2. The SMILES string of the molecule is Cc1cccc(OCc2nnc(SCc3ccc(OCc4ccccn4)cc3)o2)c1. The third-order valence-corrected chi connectivity index (χ3v) is 5.09. The lowest BCUT2D eigenvalue weighted by Crippen LogP contribution is -1.97. The Hall–Kier alpha value is -3.32. The predicted molar refractivity (Wildman–Crippen MR) is 114 cm³/mol. The van der Waals surface area contributed by atoms with Crippen molar-refractivity contribution < 1.29 is 13.9 Å². The van der Waals surface area contributed by atoms with Crippen molar-refractivity contribution in [2.45, 2.75) is 31.1 Å². The van der Waals surface area contributed by atoms with Crippen LogP contribution in [-0.4, -0.2) is 15.2 Å². The molecule has 0 N–H and O–H groups in total. The molecule has 4 rings (SSSR count). The molecule has 4 aromatic rings. The van der Waals surface area contributed by atoms with Gasteiger partial charge in [0.2, 0.25) is 0 Å². The highest BCUT2D eigenvalue weighted by Crippen LogP contribution is 2.23. The van der Waals surface area contributed by atoms with Crippen LogP contribution in [0.5, 0.6) is 11.5 Å². The number of aromatic nitrogens is 3. The minimum atomic E-state index is 0.249. The van der Waals surface area contributed by atoms with E-state index in [4.69, 9.17) is 13.9 Å². The number of hydrogen-bond acceptors (Lipinski definition) is 7. The van der Waals surface area contributed by atoms with Gasteiger partial charge in [0, 0.05) is 11.9 Å². The maximum absolute atomic E-state index is 5.76. The van der Waals surface area contributed by atoms with Crippen molar-refractivity contribution in [1.29, 1.82) is 0 Å². The summed E-state index contributed by atoms with van der Waals surface area (Å²) in [5, 5.41) is 8.64. The van der Waals surface area contributed by atoms with Crippen LogP contribution in [0.25, 0.3) is 0 Å². The van der Waals surface area contributed by atoms with Crippen LogP contribution in [0.15, 0.2) is 82.6 Å². The maximum atomic E-state index is 5.76. The Bertz CT molecular complexity index is 1070. The zero-order chi connectivity index (χ0) is 20.6. The second kappa shape index (κ2) is 9.93. The molecule has 0 aliphatic carbocycles. The number of nitrogens with zero attached hydrogens (tertiary/aromatic N) is 3. The number of rotatable bonds is 9. The summed E-state index contributed by atoms with van der Waals surface area (Å²) in [5.74, 6) is 2.77. The molecule has 6 nitrogen and oxygen atoms in total. The first kappa shape index (κ1) is 20.0. The average molecular weight is 420 g/mol. The predicted octanol–water partition coefficient (Wildman–Crippen LogP) is 5.22. The minimum absolute atomic E-state index is 0.249. The highest BCUT2D eigenvalue weighted by molar-refractivity contribution is 7.98. The number of thioether (sulfide) groups is 1. The van der Waals surface area contributed by atoms with E-state index in [1.54, 1.807) is 6.20 Å². The van der Waals surface area contributed by atoms with Crippen LogP contribution >= 0.6 is 11.8 Å². The Morgan fingerprint density at radius 1 is 0.867 bits per heavy atom. The molecule has 30 heavy (non-hydrogen) atoms. The normalized spacial score (nSPS) is 10.7. The molecule has 0 saturated carbocycles. The molecule has 152 valence electrons. The smallest absolute Gasteiger partial charge is 0.277 e. The molecule has 0 aliphatic heterocycles. The number of ether oxygens (including phenoxy) is 2. The Morgan fingerprint density at radius 3 is 2.53 bits per heavy atom. The lowest BCUT2D eigenvalue weighted by molar-refractivity contribution is 0.252. The van der Waals surface area contributed by atoms with Gasteiger partial charge >= 0.3 is 0 Å². The standard InChI is InChI=1S/C23H21N3O3S/c1-17-5-4-7-21(13-17)28-15-22-25-26-23(29-22)30-16-18-8-10-20(11-9-18)27-14-19-6-2-3-12-24-19/h2-13H,14-16H2,1H3. The van der Waals surface area contributed by atoms with Crippen molar-refractivity contribution in [3.05, 3.63) is 95.6 Å². The molecule has 0 spiro atoms. The van der Waals surface area contributed by atoms with E-state index in [1.807, 2.05) is 73.7 Å². The van der Waals surface area contributed by atoms with Crippen molar-refractivity contribution >= 4 is 11.8 Å². The molecule has 0 bridgehead atoms. The van der Waals surface area contributed by atoms with Crippen LogP contribution in [0.4, 0.5) is 0 Å². The fraction of sp³-hybridized carbons (Fsp3) is 0.174. The van der Waals surface area contributed by atoms with Crippen LogP contribution in [0.2, 0.25) is 0 Å². The summed E-state index contributed by atoms with van der Waals surface area (Å²) in [4.78, 5) is 4.25. The molecule has 2 aromatic heterocycles. The van der Waals surface area contributed by atoms with Crippen LogP contribution < -0.4 is 9.47 Å². The van der Waals surface area contributed by atoms with Crippen molar-refractivity contribution in [1.82, 2.24) is 15.2 Å². The van der Waals surface area contributed by atoms with Crippen molar-refractivity contribution in [2.75, 3.05) is 0 Å². The van der Waals surface area contributed by atoms with Gasteiger partial charge in [-0.15, -0.1) is 10.2 Å². The Morgan fingerprint density at radius 2 is 1.73 bits per heavy atom. The summed E-state index contributed by atoms with van der Waals surface area (Å²) < 4.78 is 17.1. The summed E-state index contributed by atoms with van der Waals surface area (Å²) >= 11 is 1.49. The maximum Gasteiger partial charge on any atom is 0.277 e. The van der Waals surface area contributed by atoms with Gasteiger partial charge in [-0.1, -0.05) is 42.1 Å². The molecule has 2 aromatic carbocycles. The van der Waals surface area contributed by atoms with E-state index in [-0.39, 0.29) is 6.61 Å². The number of hydrogen-bond donors (Lipinski definition) is 0. The summed E-state index contributed by atoms with van der Waals surface area (Å²) in [6, 6.07) is 21.6. The monoisotopic (exact) mass is 419 g/mol. The summed E-state index contributed by atoms with van der Waals surface area (Å²) in [6.45, 7) is 2.72. The van der Waals surface area contributed by atoms with Gasteiger partial charge in [-0.2, -0.15) is 0 Å². The molecular weight excluding hydrogens is 398 g/mol. The van der Waals surface area contributed by atoms with Crippen LogP contribution in [0.3, 0.4) is 0 Å². The van der Waals surface area contributed by atoms with Gasteiger partial charge in [0.1, 0.15) is 18.1 Å². The van der Waals surface area contributed by atoms with E-state index in [2.05, 4.69) is 15.2 Å². The van der Waals surface area contributed by atoms with Gasteiger partial charge in [0.05, 0.1) is 5.69 Å². The van der Waals surface area contributed by atoms with Gasteiger partial charge in [0.25, 0.3) is 11.1 Å². The zero-order valence-corrected chi connectivity index (χ0v) is 17.3. The topological polar surface area (TPSA) is 70.3 Å². The largest absolute Gasteiger partial charge is 0.487 e. The summed E-state index contributed by atoms with van der Waals surface area (Å²) in [5.41, 5.74) is 3.18. The fourth-order valence-electron chi connectivity index (χ4n) is 2.67. The number of benzene rings is 2. The average Bonchev–Trinajstić information content (AvgIpc) is 3.24. The lowest BCUT2D eigenvalue weighted by Gasteiger charge is -2.06. The highest BCUT2D eigenvalue weighted by Gasteiger charge is 2.08. The first-order chi connectivity index (χ1) is 14.7. The Balaban J connectivity index is 1.23. The number of pyridine rings is 1. The molecule has 7 heteroatoms. The second-order valence-corrected chi connectivity index (χ2v) is 7.54. The molecule has 0 radical (unpaired) electrons.